The maximum absolute atomic E-state index is 13.5. The molecule has 1 N–H and O–H groups in total. The summed E-state index contributed by atoms with van der Waals surface area (Å²) < 4.78 is 11.3. The predicted octanol–water partition coefficient (Wildman–Crippen LogP) is 4.59. The summed E-state index contributed by atoms with van der Waals surface area (Å²) in [4.78, 5) is 45.8. The molecule has 0 saturated carbocycles. The molecule has 3 aromatic rings. The van der Waals surface area contributed by atoms with Crippen LogP contribution in [0.15, 0.2) is 72.9 Å². The van der Waals surface area contributed by atoms with Crippen LogP contribution in [-0.2, 0) is 21.6 Å². The maximum Gasteiger partial charge on any atom is 0.411 e. The molecular weight excluding hydrogens is 496 g/mol. The smallest absolute Gasteiger partial charge is 0.411 e. The van der Waals surface area contributed by atoms with Gasteiger partial charge in [-0.3, -0.25) is 14.5 Å². The van der Waals surface area contributed by atoms with Gasteiger partial charge in [0.1, 0.15) is 11.1 Å². The van der Waals surface area contributed by atoms with Gasteiger partial charge >= 0.3 is 6.09 Å². The lowest BCUT2D eigenvalue weighted by Gasteiger charge is -2.48. The van der Waals surface area contributed by atoms with Crippen molar-refractivity contribution in [2.45, 2.75) is 44.4 Å². The van der Waals surface area contributed by atoms with E-state index in [1.54, 1.807) is 21.9 Å². The van der Waals surface area contributed by atoms with Crippen molar-refractivity contribution in [3.63, 3.8) is 0 Å². The first kappa shape index (κ1) is 26.2. The zero-order valence-corrected chi connectivity index (χ0v) is 22.3. The molecule has 3 heterocycles. The van der Waals surface area contributed by atoms with Gasteiger partial charge in [-0.25, -0.2) is 9.78 Å². The zero-order valence-electron chi connectivity index (χ0n) is 22.3. The van der Waals surface area contributed by atoms with Gasteiger partial charge < -0.3 is 19.7 Å². The summed E-state index contributed by atoms with van der Waals surface area (Å²) in [6, 6.07) is 20.8. The lowest BCUT2D eigenvalue weighted by Crippen LogP contribution is -2.58. The van der Waals surface area contributed by atoms with Gasteiger partial charge in [0.2, 0.25) is 11.8 Å². The van der Waals surface area contributed by atoms with Crippen molar-refractivity contribution in [2.24, 2.45) is 0 Å². The topological polar surface area (TPSA) is 101 Å². The highest BCUT2D eigenvalue weighted by molar-refractivity contribution is 5.94. The summed E-state index contributed by atoms with van der Waals surface area (Å²) in [7, 11) is 1.53. The molecule has 1 unspecified atom stereocenters. The fourth-order valence-corrected chi connectivity index (χ4v) is 5.70. The molecule has 1 atom stereocenters. The Bertz CT molecular complexity index is 1350. The molecule has 0 radical (unpaired) electrons. The SMILES string of the molecule is COc1ccc(C(=O)N2CCC3(CC2)OC(=O)N(Cc2ccc(NC(C)=O)cc2)C3(C)c2ccccc2)cn1. The third-order valence-electron chi connectivity index (χ3n) is 7.93. The first-order valence-electron chi connectivity index (χ1n) is 13.0. The van der Waals surface area contributed by atoms with E-state index < -0.39 is 11.1 Å². The summed E-state index contributed by atoms with van der Waals surface area (Å²) >= 11 is 0. The molecule has 1 spiro atoms. The third kappa shape index (κ3) is 4.80. The van der Waals surface area contributed by atoms with E-state index in [0.717, 1.165) is 11.1 Å². The van der Waals surface area contributed by atoms with Crippen molar-refractivity contribution in [2.75, 3.05) is 25.5 Å². The van der Waals surface area contributed by atoms with E-state index in [0.29, 0.717) is 49.6 Å². The molecule has 3 amide bonds. The molecule has 2 aromatic carbocycles. The highest BCUT2D eigenvalue weighted by Gasteiger charge is 2.63. The lowest BCUT2D eigenvalue weighted by molar-refractivity contribution is -0.114. The van der Waals surface area contributed by atoms with Crippen molar-refractivity contribution in [1.82, 2.24) is 14.8 Å². The minimum atomic E-state index is -0.809. The number of rotatable bonds is 6. The van der Waals surface area contributed by atoms with Gasteiger partial charge in [0.15, 0.2) is 0 Å². The van der Waals surface area contributed by atoms with Crippen LogP contribution < -0.4 is 10.1 Å². The Labute approximate surface area is 227 Å². The van der Waals surface area contributed by atoms with Gasteiger partial charge in [-0.15, -0.1) is 0 Å². The van der Waals surface area contributed by atoms with Gasteiger partial charge in [-0.1, -0.05) is 42.5 Å². The number of methoxy groups -OCH3 is 1. The number of aromatic nitrogens is 1. The number of nitrogens with one attached hydrogen (secondary N) is 1. The third-order valence-corrected chi connectivity index (χ3v) is 7.93. The molecule has 0 aliphatic carbocycles. The normalized spacial score (nSPS) is 20.0. The number of hydrogen-bond donors (Lipinski definition) is 1. The first-order valence-corrected chi connectivity index (χ1v) is 13.0. The van der Waals surface area contributed by atoms with Crippen LogP contribution >= 0.6 is 0 Å². The summed E-state index contributed by atoms with van der Waals surface area (Å²) in [5.41, 5.74) is 1.51. The molecule has 2 fully saturated rings. The van der Waals surface area contributed by atoms with Gasteiger partial charge in [0, 0.05) is 50.8 Å². The number of ether oxygens (including phenoxy) is 2. The van der Waals surface area contributed by atoms with Crippen molar-refractivity contribution in [1.29, 1.82) is 0 Å². The van der Waals surface area contributed by atoms with Crippen LogP contribution in [0.25, 0.3) is 0 Å². The maximum atomic E-state index is 13.5. The number of amides is 3. The number of pyridine rings is 1. The van der Waals surface area contributed by atoms with Crippen LogP contribution in [-0.4, -0.2) is 58.5 Å². The van der Waals surface area contributed by atoms with Crippen molar-refractivity contribution in [3.8, 4) is 5.88 Å². The van der Waals surface area contributed by atoms with Crippen molar-refractivity contribution >= 4 is 23.6 Å². The molecule has 202 valence electrons. The minimum absolute atomic E-state index is 0.109. The molecule has 9 heteroatoms. The van der Waals surface area contributed by atoms with Crippen LogP contribution in [0.4, 0.5) is 10.5 Å². The zero-order chi connectivity index (χ0) is 27.6. The van der Waals surface area contributed by atoms with Crippen LogP contribution in [0, 0.1) is 0 Å². The molecule has 1 aromatic heterocycles. The Morgan fingerprint density at radius 3 is 2.31 bits per heavy atom. The quantitative estimate of drug-likeness (QED) is 0.502. The van der Waals surface area contributed by atoms with Crippen LogP contribution in [0.5, 0.6) is 5.88 Å². The summed E-state index contributed by atoms with van der Waals surface area (Å²) in [6.45, 7) is 4.75. The molecule has 2 saturated heterocycles. The largest absolute Gasteiger partial charge is 0.481 e. The number of benzene rings is 2. The molecule has 0 bridgehead atoms. The second kappa shape index (κ2) is 10.4. The number of carbonyl (C=O) groups is 3. The Morgan fingerprint density at radius 1 is 1.03 bits per heavy atom. The molecule has 5 rings (SSSR count). The van der Waals surface area contributed by atoms with E-state index in [9.17, 15) is 14.4 Å². The number of hydrogen-bond acceptors (Lipinski definition) is 6. The second-order valence-electron chi connectivity index (χ2n) is 10.1. The molecular formula is C30H32N4O5. The highest BCUT2D eigenvalue weighted by Crippen LogP contribution is 2.52. The van der Waals surface area contributed by atoms with E-state index in [-0.39, 0.29) is 17.9 Å². The van der Waals surface area contributed by atoms with Crippen LogP contribution in [0.1, 0.15) is 48.2 Å². The van der Waals surface area contributed by atoms with Crippen LogP contribution in [0.2, 0.25) is 0 Å². The Morgan fingerprint density at radius 2 is 1.72 bits per heavy atom. The summed E-state index contributed by atoms with van der Waals surface area (Å²) in [5.74, 6) is 0.199. The van der Waals surface area contributed by atoms with Gasteiger partial charge in [-0.2, -0.15) is 0 Å². The van der Waals surface area contributed by atoms with E-state index in [2.05, 4.69) is 17.2 Å². The van der Waals surface area contributed by atoms with E-state index in [4.69, 9.17) is 9.47 Å². The van der Waals surface area contributed by atoms with E-state index in [1.807, 2.05) is 54.6 Å². The number of nitrogens with zero attached hydrogens (tertiary/aromatic N) is 3. The van der Waals surface area contributed by atoms with E-state index >= 15 is 0 Å². The fourth-order valence-electron chi connectivity index (χ4n) is 5.70. The first-order chi connectivity index (χ1) is 18.8. The van der Waals surface area contributed by atoms with Gasteiger partial charge in [-0.05, 0) is 36.2 Å². The molecule has 9 nitrogen and oxygen atoms in total. The van der Waals surface area contributed by atoms with Gasteiger partial charge in [0.05, 0.1) is 19.2 Å². The molecule has 2 aliphatic rings. The number of piperidine rings is 1. The standard InChI is InChI=1S/C30H32N4O5/c1-21(35)32-25-12-9-22(10-13-25)20-34-28(37)39-30(29(34,2)24-7-5-4-6-8-24)15-17-33(18-16-30)27(36)23-11-14-26(38-3)31-19-23/h4-14,19H,15-18,20H2,1-3H3,(H,32,35). The summed E-state index contributed by atoms with van der Waals surface area (Å²) in [5, 5.41) is 2.77. The monoisotopic (exact) mass is 528 g/mol. The predicted molar refractivity (Wildman–Crippen MR) is 145 cm³/mol. The fraction of sp³-hybridized carbons (Fsp3) is 0.333. The van der Waals surface area contributed by atoms with Gasteiger partial charge in [0.25, 0.3) is 5.91 Å². The number of carbonyl (C=O) groups excluding carboxylic acids is 3. The highest BCUT2D eigenvalue weighted by atomic mass is 16.6. The Kier molecular flexibility index (Phi) is 6.99. The Hall–Kier alpha value is -4.40. The molecule has 39 heavy (non-hydrogen) atoms. The molecule has 2 aliphatic heterocycles. The van der Waals surface area contributed by atoms with Crippen LogP contribution in [0.3, 0.4) is 0 Å². The average molecular weight is 529 g/mol. The van der Waals surface area contributed by atoms with Crippen molar-refractivity contribution < 1.29 is 23.9 Å². The lowest BCUT2D eigenvalue weighted by atomic mass is 9.70. The summed E-state index contributed by atoms with van der Waals surface area (Å²) in [6.07, 6.45) is 2.13. The van der Waals surface area contributed by atoms with E-state index in [1.165, 1.54) is 20.2 Å². The average Bonchev–Trinajstić information content (AvgIpc) is 3.16. The van der Waals surface area contributed by atoms with Crippen molar-refractivity contribution in [3.05, 3.63) is 89.6 Å². The number of likely N-dealkylation sites (tertiary alicyclic amines) is 1. The number of anilines is 1. The minimum Gasteiger partial charge on any atom is -0.481 e. The second-order valence-corrected chi connectivity index (χ2v) is 10.1. The Balaban J connectivity index is 1.40.